The Balaban J connectivity index is 1.48. The van der Waals surface area contributed by atoms with Crippen molar-refractivity contribution in [3.8, 4) is 17.1 Å². The van der Waals surface area contributed by atoms with Crippen LogP contribution < -0.4 is 4.74 Å². The van der Waals surface area contributed by atoms with Gasteiger partial charge in [0, 0.05) is 18.7 Å². The smallest absolute Gasteiger partial charge is 0.232 e. The van der Waals surface area contributed by atoms with Crippen LogP contribution in [0.15, 0.2) is 41.4 Å². The summed E-state index contributed by atoms with van der Waals surface area (Å²) < 4.78 is 6.93. The lowest BCUT2D eigenvalue weighted by Crippen LogP contribution is -2.38. The van der Waals surface area contributed by atoms with E-state index in [2.05, 4.69) is 22.2 Å². The van der Waals surface area contributed by atoms with Crippen molar-refractivity contribution in [3.05, 3.63) is 36.4 Å². The van der Waals surface area contributed by atoms with Crippen molar-refractivity contribution in [1.29, 1.82) is 0 Å². The van der Waals surface area contributed by atoms with E-state index in [1.54, 1.807) is 11.6 Å². The topological polar surface area (TPSA) is 72.6 Å². The summed E-state index contributed by atoms with van der Waals surface area (Å²) in [7, 11) is 1.64. The van der Waals surface area contributed by atoms with Crippen LogP contribution in [0.4, 0.5) is 0 Å². The average Bonchev–Trinajstić information content (AvgIpc) is 3.16. The first-order valence-corrected chi connectivity index (χ1v) is 10.4. The Kier molecular flexibility index (Phi) is 5.47. The van der Waals surface area contributed by atoms with Crippen molar-refractivity contribution in [3.63, 3.8) is 0 Å². The third-order valence-electron chi connectivity index (χ3n) is 5.07. The molecule has 0 bridgehead atoms. The molecule has 0 radical (unpaired) electrons. The van der Waals surface area contributed by atoms with Gasteiger partial charge in [0.15, 0.2) is 11.5 Å². The van der Waals surface area contributed by atoms with Crippen LogP contribution in [0, 0.1) is 5.92 Å². The Labute approximate surface area is 168 Å². The van der Waals surface area contributed by atoms with E-state index in [1.165, 1.54) is 11.8 Å². The van der Waals surface area contributed by atoms with E-state index in [-0.39, 0.29) is 5.91 Å². The fourth-order valence-corrected chi connectivity index (χ4v) is 4.01. The number of likely N-dealkylation sites (tertiary alicyclic amines) is 1. The highest BCUT2D eigenvalue weighted by atomic mass is 32.2. The first-order chi connectivity index (χ1) is 13.6. The van der Waals surface area contributed by atoms with E-state index < -0.39 is 0 Å². The molecule has 1 aliphatic rings. The van der Waals surface area contributed by atoms with Crippen molar-refractivity contribution in [2.45, 2.75) is 24.8 Å². The number of benzene rings is 1. The highest BCUT2D eigenvalue weighted by Crippen LogP contribution is 2.23. The predicted molar refractivity (Wildman–Crippen MR) is 108 cm³/mol. The fraction of sp³-hybridized carbons (Fsp3) is 0.400. The molecule has 0 spiro atoms. The van der Waals surface area contributed by atoms with Gasteiger partial charge in [-0.15, -0.1) is 10.2 Å². The predicted octanol–water partition coefficient (Wildman–Crippen LogP) is 3.15. The highest BCUT2D eigenvalue weighted by Gasteiger charge is 2.20. The number of rotatable bonds is 5. The molecule has 3 heterocycles. The van der Waals surface area contributed by atoms with Gasteiger partial charge in [-0.1, -0.05) is 18.7 Å². The van der Waals surface area contributed by atoms with Gasteiger partial charge in [-0.05, 0) is 55.2 Å². The van der Waals surface area contributed by atoms with Crippen LogP contribution >= 0.6 is 11.8 Å². The lowest BCUT2D eigenvalue weighted by molar-refractivity contribution is -0.129. The van der Waals surface area contributed by atoms with E-state index in [0.717, 1.165) is 42.3 Å². The second-order valence-corrected chi connectivity index (χ2v) is 8.04. The summed E-state index contributed by atoms with van der Waals surface area (Å²) in [5.41, 5.74) is 1.58. The third-order valence-corrected chi connectivity index (χ3v) is 5.97. The molecule has 0 aliphatic carbocycles. The molecule has 0 unspecified atom stereocenters. The summed E-state index contributed by atoms with van der Waals surface area (Å²) in [6.45, 7) is 3.97. The summed E-state index contributed by atoms with van der Waals surface area (Å²) in [4.78, 5) is 14.4. The molecule has 3 aromatic rings. The maximum atomic E-state index is 12.5. The molecule has 1 saturated heterocycles. The molecule has 0 N–H and O–H groups in total. The van der Waals surface area contributed by atoms with Crippen molar-refractivity contribution in [2.24, 2.45) is 5.92 Å². The number of methoxy groups -OCH3 is 1. The highest BCUT2D eigenvalue weighted by molar-refractivity contribution is 7.99. The van der Waals surface area contributed by atoms with E-state index in [4.69, 9.17) is 4.74 Å². The van der Waals surface area contributed by atoms with Gasteiger partial charge in [-0.2, -0.15) is 9.61 Å². The Morgan fingerprint density at radius 1 is 1.14 bits per heavy atom. The summed E-state index contributed by atoms with van der Waals surface area (Å²) in [5, 5.41) is 13.9. The summed E-state index contributed by atoms with van der Waals surface area (Å²) in [5.74, 6) is 2.74. The quantitative estimate of drug-likeness (QED) is 0.616. The van der Waals surface area contributed by atoms with Crippen LogP contribution in [-0.4, -0.2) is 56.6 Å². The Morgan fingerprint density at radius 2 is 1.89 bits per heavy atom. The summed E-state index contributed by atoms with van der Waals surface area (Å²) in [6, 6.07) is 11.4. The van der Waals surface area contributed by atoms with Gasteiger partial charge in [-0.25, -0.2) is 0 Å². The maximum Gasteiger partial charge on any atom is 0.232 e. The average molecular weight is 398 g/mol. The Morgan fingerprint density at radius 3 is 2.61 bits per heavy atom. The second-order valence-electron chi connectivity index (χ2n) is 7.05. The third kappa shape index (κ3) is 3.96. The summed E-state index contributed by atoms with van der Waals surface area (Å²) in [6.07, 6.45) is 2.18. The number of piperidine rings is 1. The molecule has 7 nitrogen and oxygen atoms in total. The largest absolute Gasteiger partial charge is 0.497 e. The Bertz CT molecular complexity index is 964. The monoisotopic (exact) mass is 397 g/mol. The van der Waals surface area contributed by atoms with Crippen LogP contribution in [0.5, 0.6) is 5.75 Å². The standard InChI is InChI=1S/C20H23N5O2S/c1-14-9-11-24(12-10-14)19(26)13-28-18-8-7-17-21-22-20(25(17)23-18)15-3-5-16(27-2)6-4-15/h3-8,14H,9-13H2,1-2H3. The minimum absolute atomic E-state index is 0.179. The molecular formula is C20H23N5O2S. The molecule has 0 saturated carbocycles. The molecule has 1 fully saturated rings. The number of ether oxygens (including phenoxy) is 1. The van der Waals surface area contributed by atoms with Crippen LogP contribution in [-0.2, 0) is 4.79 Å². The van der Waals surface area contributed by atoms with Crippen molar-refractivity contribution >= 4 is 23.3 Å². The number of thioether (sulfide) groups is 1. The van der Waals surface area contributed by atoms with Crippen molar-refractivity contribution in [1.82, 2.24) is 24.7 Å². The lowest BCUT2D eigenvalue weighted by Gasteiger charge is -2.30. The number of carbonyl (C=O) groups excluding carboxylic acids is 1. The molecular weight excluding hydrogens is 374 g/mol. The van der Waals surface area contributed by atoms with Gasteiger partial charge in [0.1, 0.15) is 10.8 Å². The summed E-state index contributed by atoms with van der Waals surface area (Å²) >= 11 is 1.45. The zero-order valence-corrected chi connectivity index (χ0v) is 16.9. The SMILES string of the molecule is COc1ccc(-c2nnc3ccc(SCC(=O)N4CCC(C)CC4)nn23)cc1. The van der Waals surface area contributed by atoms with E-state index >= 15 is 0 Å². The molecule has 2 aromatic heterocycles. The molecule has 146 valence electrons. The lowest BCUT2D eigenvalue weighted by atomic mass is 9.99. The molecule has 1 aromatic carbocycles. The van der Waals surface area contributed by atoms with Gasteiger partial charge in [0.05, 0.1) is 12.9 Å². The second kappa shape index (κ2) is 8.18. The van der Waals surface area contributed by atoms with Crippen LogP contribution in [0.1, 0.15) is 19.8 Å². The van der Waals surface area contributed by atoms with Crippen LogP contribution in [0.25, 0.3) is 17.0 Å². The normalized spacial score (nSPS) is 15.1. The van der Waals surface area contributed by atoms with Crippen molar-refractivity contribution in [2.75, 3.05) is 26.0 Å². The molecule has 4 rings (SSSR count). The molecule has 8 heteroatoms. The van der Waals surface area contributed by atoms with Crippen molar-refractivity contribution < 1.29 is 9.53 Å². The van der Waals surface area contributed by atoms with Gasteiger partial charge in [0.2, 0.25) is 5.91 Å². The van der Waals surface area contributed by atoms with Gasteiger partial charge in [0.25, 0.3) is 0 Å². The first kappa shape index (κ1) is 18.7. The molecule has 0 atom stereocenters. The van der Waals surface area contributed by atoms with Crippen LogP contribution in [0.2, 0.25) is 0 Å². The van der Waals surface area contributed by atoms with E-state index in [9.17, 15) is 4.79 Å². The van der Waals surface area contributed by atoms with Gasteiger partial charge >= 0.3 is 0 Å². The number of aromatic nitrogens is 4. The molecule has 1 amide bonds. The number of carbonyl (C=O) groups is 1. The minimum Gasteiger partial charge on any atom is -0.497 e. The maximum absolute atomic E-state index is 12.5. The van der Waals surface area contributed by atoms with Gasteiger partial charge < -0.3 is 9.64 Å². The van der Waals surface area contributed by atoms with E-state index in [0.29, 0.717) is 23.1 Å². The number of amides is 1. The zero-order valence-electron chi connectivity index (χ0n) is 16.0. The van der Waals surface area contributed by atoms with Crippen LogP contribution in [0.3, 0.4) is 0 Å². The molecule has 1 aliphatic heterocycles. The van der Waals surface area contributed by atoms with Gasteiger partial charge in [-0.3, -0.25) is 4.79 Å². The number of nitrogens with zero attached hydrogens (tertiary/aromatic N) is 5. The Hall–Kier alpha value is -2.61. The molecule has 28 heavy (non-hydrogen) atoms. The number of hydrogen-bond donors (Lipinski definition) is 0. The minimum atomic E-state index is 0.179. The zero-order chi connectivity index (χ0) is 19.5. The van der Waals surface area contributed by atoms with E-state index in [1.807, 2.05) is 41.3 Å². The number of fused-ring (bicyclic) bond motifs is 1. The number of hydrogen-bond acceptors (Lipinski definition) is 6. The first-order valence-electron chi connectivity index (χ1n) is 9.41. The fourth-order valence-electron chi connectivity index (χ4n) is 3.25.